The normalized spacial score (nSPS) is 11.2. The van der Waals surface area contributed by atoms with Gasteiger partial charge in [-0.2, -0.15) is 0 Å². The van der Waals surface area contributed by atoms with Crippen LogP contribution in [0, 0.1) is 11.8 Å². The second-order valence-corrected chi connectivity index (χ2v) is 5.39. The van der Waals surface area contributed by atoms with Crippen molar-refractivity contribution in [2.45, 2.75) is 53.4 Å². The molecule has 0 aromatic carbocycles. The van der Waals surface area contributed by atoms with Gasteiger partial charge in [-0.25, -0.2) is 0 Å². The molecule has 0 aromatic rings. The van der Waals surface area contributed by atoms with E-state index in [1.807, 2.05) is 27.7 Å². The van der Waals surface area contributed by atoms with E-state index in [9.17, 15) is 9.59 Å². The Kier molecular flexibility index (Phi) is 8.96. The van der Waals surface area contributed by atoms with Gasteiger partial charge >= 0.3 is 0 Å². The summed E-state index contributed by atoms with van der Waals surface area (Å²) in [6.45, 7) is 9.01. The SMILES string of the molecule is CC(C)CC(=O)CCOCCC(=O)CC(C)C. The molecule has 0 fully saturated rings. The summed E-state index contributed by atoms with van der Waals surface area (Å²) in [6, 6.07) is 0. The summed E-state index contributed by atoms with van der Waals surface area (Å²) in [5.41, 5.74) is 0. The number of rotatable bonds is 10. The molecular formula is C14H26O3. The van der Waals surface area contributed by atoms with Gasteiger partial charge in [-0.05, 0) is 11.8 Å². The van der Waals surface area contributed by atoms with Crippen molar-refractivity contribution in [3.8, 4) is 0 Å². The molecule has 0 amide bonds. The fourth-order valence-corrected chi connectivity index (χ4v) is 1.59. The van der Waals surface area contributed by atoms with E-state index in [0.717, 1.165) is 0 Å². The summed E-state index contributed by atoms with van der Waals surface area (Å²) < 4.78 is 5.30. The molecule has 0 N–H and O–H groups in total. The molecule has 0 atom stereocenters. The van der Waals surface area contributed by atoms with Crippen molar-refractivity contribution >= 4 is 11.6 Å². The minimum atomic E-state index is 0.244. The molecular weight excluding hydrogens is 216 g/mol. The lowest BCUT2D eigenvalue weighted by Crippen LogP contribution is -2.10. The van der Waals surface area contributed by atoms with Crippen LogP contribution >= 0.6 is 0 Å². The van der Waals surface area contributed by atoms with Crippen molar-refractivity contribution < 1.29 is 14.3 Å². The predicted molar refractivity (Wildman–Crippen MR) is 69.0 cm³/mol. The van der Waals surface area contributed by atoms with Gasteiger partial charge < -0.3 is 4.74 Å². The Morgan fingerprint density at radius 1 is 0.824 bits per heavy atom. The van der Waals surface area contributed by atoms with Crippen molar-refractivity contribution in [1.29, 1.82) is 0 Å². The van der Waals surface area contributed by atoms with E-state index in [2.05, 4.69) is 0 Å². The van der Waals surface area contributed by atoms with E-state index in [4.69, 9.17) is 4.74 Å². The molecule has 0 aliphatic rings. The van der Waals surface area contributed by atoms with Gasteiger partial charge in [-0.3, -0.25) is 9.59 Å². The van der Waals surface area contributed by atoms with Gasteiger partial charge in [0.1, 0.15) is 11.6 Å². The van der Waals surface area contributed by atoms with Crippen LogP contribution in [0.4, 0.5) is 0 Å². The first-order chi connectivity index (χ1) is 7.91. The maximum atomic E-state index is 11.3. The lowest BCUT2D eigenvalue weighted by atomic mass is 10.1. The van der Waals surface area contributed by atoms with E-state index < -0.39 is 0 Å². The van der Waals surface area contributed by atoms with Gasteiger partial charge in [0.05, 0.1) is 13.2 Å². The van der Waals surface area contributed by atoms with Crippen LogP contribution < -0.4 is 0 Å². The third-order valence-corrected chi connectivity index (χ3v) is 2.32. The van der Waals surface area contributed by atoms with Crippen molar-refractivity contribution in [2.24, 2.45) is 11.8 Å². The van der Waals surface area contributed by atoms with Gasteiger partial charge in [0, 0.05) is 25.7 Å². The maximum absolute atomic E-state index is 11.3. The molecule has 0 heterocycles. The molecule has 0 bridgehead atoms. The standard InChI is InChI=1S/C14H26O3/c1-11(2)9-13(15)5-7-17-8-6-14(16)10-12(3)4/h11-12H,5-10H2,1-4H3. The van der Waals surface area contributed by atoms with Crippen LogP contribution in [0.2, 0.25) is 0 Å². The Balaban J connectivity index is 3.40. The fraction of sp³-hybridized carbons (Fsp3) is 0.857. The van der Waals surface area contributed by atoms with Gasteiger partial charge in [-0.15, -0.1) is 0 Å². The van der Waals surface area contributed by atoms with E-state index in [1.54, 1.807) is 0 Å². The first kappa shape index (κ1) is 16.3. The Bertz CT molecular complexity index is 208. The van der Waals surface area contributed by atoms with Crippen LogP contribution in [0.25, 0.3) is 0 Å². The monoisotopic (exact) mass is 242 g/mol. The highest BCUT2D eigenvalue weighted by molar-refractivity contribution is 5.79. The topological polar surface area (TPSA) is 43.4 Å². The molecule has 0 spiro atoms. The molecule has 0 saturated heterocycles. The number of Topliss-reactive ketones (excluding diaryl/α,β-unsaturated/α-hetero) is 2. The summed E-state index contributed by atoms with van der Waals surface area (Å²) in [7, 11) is 0. The first-order valence-electron chi connectivity index (χ1n) is 6.53. The zero-order valence-corrected chi connectivity index (χ0v) is 11.6. The minimum absolute atomic E-state index is 0.244. The van der Waals surface area contributed by atoms with Crippen molar-refractivity contribution in [2.75, 3.05) is 13.2 Å². The molecule has 0 unspecified atom stereocenters. The fourth-order valence-electron chi connectivity index (χ4n) is 1.59. The lowest BCUT2D eigenvalue weighted by molar-refractivity contribution is -0.121. The highest BCUT2D eigenvalue weighted by atomic mass is 16.5. The number of hydrogen-bond donors (Lipinski definition) is 0. The van der Waals surface area contributed by atoms with E-state index in [1.165, 1.54) is 0 Å². The third kappa shape index (κ3) is 11.6. The molecule has 3 heteroatoms. The smallest absolute Gasteiger partial charge is 0.135 e. The Morgan fingerprint density at radius 3 is 1.47 bits per heavy atom. The second-order valence-electron chi connectivity index (χ2n) is 5.39. The molecule has 0 radical (unpaired) electrons. The van der Waals surface area contributed by atoms with Crippen LogP contribution in [0.15, 0.2) is 0 Å². The van der Waals surface area contributed by atoms with E-state index >= 15 is 0 Å². The number of carbonyl (C=O) groups is 2. The van der Waals surface area contributed by atoms with Gasteiger partial charge in [0.25, 0.3) is 0 Å². The minimum Gasteiger partial charge on any atom is -0.381 e. The van der Waals surface area contributed by atoms with Crippen molar-refractivity contribution in [3.63, 3.8) is 0 Å². The van der Waals surface area contributed by atoms with E-state index in [0.29, 0.717) is 50.7 Å². The summed E-state index contributed by atoms with van der Waals surface area (Å²) in [5.74, 6) is 1.31. The molecule has 3 nitrogen and oxygen atoms in total. The summed E-state index contributed by atoms with van der Waals surface area (Å²) >= 11 is 0. The van der Waals surface area contributed by atoms with Crippen LogP contribution in [0.3, 0.4) is 0 Å². The average Bonchev–Trinajstić information content (AvgIpc) is 2.14. The number of ketones is 2. The number of carbonyl (C=O) groups excluding carboxylic acids is 2. The van der Waals surface area contributed by atoms with Crippen molar-refractivity contribution in [3.05, 3.63) is 0 Å². The quantitative estimate of drug-likeness (QED) is 0.553. The highest BCUT2D eigenvalue weighted by Gasteiger charge is 2.06. The van der Waals surface area contributed by atoms with Crippen molar-refractivity contribution in [1.82, 2.24) is 0 Å². The summed E-state index contributed by atoms with van der Waals surface area (Å²) in [4.78, 5) is 22.7. The van der Waals surface area contributed by atoms with Gasteiger partial charge in [0.15, 0.2) is 0 Å². The summed E-state index contributed by atoms with van der Waals surface area (Å²) in [6.07, 6.45) is 2.18. The predicted octanol–water partition coefficient (Wildman–Crippen LogP) is 3.01. The van der Waals surface area contributed by atoms with Crippen LogP contribution in [0.5, 0.6) is 0 Å². The Labute approximate surface area is 105 Å². The molecule has 0 aromatic heterocycles. The zero-order valence-electron chi connectivity index (χ0n) is 11.6. The van der Waals surface area contributed by atoms with Crippen LogP contribution in [-0.2, 0) is 14.3 Å². The average molecular weight is 242 g/mol. The highest BCUT2D eigenvalue weighted by Crippen LogP contribution is 2.04. The second kappa shape index (κ2) is 9.34. The largest absolute Gasteiger partial charge is 0.381 e. The third-order valence-electron chi connectivity index (χ3n) is 2.32. The zero-order chi connectivity index (χ0) is 13.3. The van der Waals surface area contributed by atoms with E-state index in [-0.39, 0.29) is 11.6 Å². The molecule has 0 saturated carbocycles. The van der Waals surface area contributed by atoms with Crippen LogP contribution in [-0.4, -0.2) is 24.8 Å². The first-order valence-corrected chi connectivity index (χ1v) is 6.53. The number of hydrogen-bond acceptors (Lipinski definition) is 3. The Hall–Kier alpha value is -0.700. The lowest BCUT2D eigenvalue weighted by Gasteiger charge is -2.06. The summed E-state index contributed by atoms with van der Waals surface area (Å²) in [5, 5.41) is 0. The van der Waals surface area contributed by atoms with Gasteiger partial charge in [-0.1, -0.05) is 27.7 Å². The molecule has 100 valence electrons. The maximum Gasteiger partial charge on any atom is 0.135 e. The molecule has 0 aliphatic carbocycles. The van der Waals surface area contributed by atoms with Crippen LogP contribution in [0.1, 0.15) is 53.4 Å². The molecule has 0 rings (SSSR count). The Morgan fingerprint density at radius 2 is 1.18 bits per heavy atom. The molecule has 0 aliphatic heterocycles. The van der Waals surface area contributed by atoms with Gasteiger partial charge in [0.2, 0.25) is 0 Å². The number of ether oxygens (including phenoxy) is 1. The molecule has 17 heavy (non-hydrogen) atoms.